The minimum atomic E-state index is 0.552. The summed E-state index contributed by atoms with van der Waals surface area (Å²) in [5, 5.41) is 3.13. The van der Waals surface area contributed by atoms with Crippen molar-refractivity contribution in [3.63, 3.8) is 0 Å². The second-order valence-corrected chi connectivity index (χ2v) is 2.94. The predicted molar refractivity (Wildman–Crippen MR) is 44.0 cm³/mol. The molecule has 66 valence electrons. The molecule has 2 aliphatic heterocycles. The normalized spacial score (nSPS) is 22.3. The molecule has 0 unspecified atom stereocenters. The number of hydrazine groups is 2. The molecule has 2 rings (SSSR count). The molecule has 0 amide bonds. The molecule has 0 saturated carbocycles. The van der Waals surface area contributed by atoms with E-state index in [0.29, 0.717) is 13.2 Å². The largest absolute Gasteiger partial charge is 0.399 e. The molecule has 0 fully saturated rings. The first-order valence-electron chi connectivity index (χ1n) is 3.65. The summed E-state index contributed by atoms with van der Waals surface area (Å²) in [4.78, 5) is 1.90. The van der Waals surface area contributed by atoms with Crippen molar-refractivity contribution < 1.29 is 0 Å². The highest BCUT2D eigenvalue weighted by atomic mass is 15.6. The molecular weight excluding hydrogens is 156 g/mol. The van der Waals surface area contributed by atoms with Crippen LogP contribution < -0.4 is 17.4 Å². The lowest BCUT2D eigenvalue weighted by molar-refractivity contribution is 0.235. The van der Waals surface area contributed by atoms with Gasteiger partial charge in [0.2, 0.25) is 0 Å². The maximum absolute atomic E-state index is 5.69. The lowest BCUT2D eigenvalue weighted by Crippen LogP contribution is -2.43. The third-order valence-corrected chi connectivity index (χ3v) is 1.86. The van der Waals surface area contributed by atoms with Crippen LogP contribution in [0.2, 0.25) is 0 Å². The first-order chi connectivity index (χ1) is 5.66. The summed E-state index contributed by atoms with van der Waals surface area (Å²) in [5.74, 6) is 12.1. The van der Waals surface area contributed by atoms with Crippen LogP contribution in [0.25, 0.3) is 0 Å². The van der Waals surface area contributed by atoms with Gasteiger partial charge in [-0.2, -0.15) is 0 Å². The van der Waals surface area contributed by atoms with Gasteiger partial charge in [-0.05, 0) is 0 Å². The molecule has 0 atom stereocenters. The van der Waals surface area contributed by atoms with Gasteiger partial charge in [0, 0.05) is 11.9 Å². The Balaban J connectivity index is 2.29. The summed E-state index contributed by atoms with van der Waals surface area (Å²) in [7, 11) is 0. The molecular formula is C6H12N6. The molecule has 0 bridgehead atoms. The smallest absolute Gasteiger partial charge is 0.142 e. The van der Waals surface area contributed by atoms with Crippen LogP contribution in [0.1, 0.15) is 0 Å². The van der Waals surface area contributed by atoms with Crippen LogP contribution in [0.15, 0.2) is 23.9 Å². The summed E-state index contributed by atoms with van der Waals surface area (Å²) in [6, 6.07) is 0. The average molecular weight is 168 g/mol. The Labute approximate surface area is 70.4 Å². The van der Waals surface area contributed by atoms with E-state index >= 15 is 0 Å². The van der Waals surface area contributed by atoms with Crippen molar-refractivity contribution in [2.75, 3.05) is 13.2 Å². The van der Waals surface area contributed by atoms with Gasteiger partial charge < -0.3 is 10.6 Å². The zero-order chi connectivity index (χ0) is 8.72. The van der Waals surface area contributed by atoms with Gasteiger partial charge in [-0.3, -0.25) is 10.0 Å². The monoisotopic (exact) mass is 168 g/mol. The first kappa shape index (κ1) is 7.26. The van der Waals surface area contributed by atoms with Gasteiger partial charge in [-0.15, -0.1) is 0 Å². The van der Waals surface area contributed by atoms with E-state index in [-0.39, 0.29) is 0 Å². The van der Waals surface area contributed by atoms with E-state index < -0.39 is 0 Å². The van der Waals surface area contributed by atoms with Gasteiger partial charge >= 0.3 is 0 Å². The Morgan fingerprint density at radius 2 is 2.00 bits per heavy atom. The van der Waals surface area contributed by atoms with Crippen LogP contribution in [0.5, 0.6) is 0 Å². The van der Waals surface area contributed by atoms with Crippen LogP contribution in [0.4, 0.5) is 0 Å². The Hall–Kier alpha value is -1.40. The molecule has 6 nitrogen and oxygen atoms in total. The molecule has 0 aromatic heterocycles. The molecule has 0 aromatic carbocycles. The van der Waals surface area contributed by atoms with Gasteiger partial charge in [-0.1, -0.05) is 0 Å². The van der Waals surface area contributed by atoms with Crippen molar-refractivity contribution in [2.45, 2.75) is 0 Å². The number of rotatable bonds is 0. The molecule has 2 heterocycles. The second kappa shape index (κ2) is 2.29. The van der Waals surface area contributed by atoms with Crippen molar-refractivity contribution in [1.29, 1.82) is 0 Å². The standard InChI is InChI=1S/C6H12N6/c7-5-1-10-4-11(8)3-6(10)12(9)2-5/h1,3H,2,4,7-9H2. The highest BCUT2D eigenvalue weighted by Gasteiger charge is 2.25. The fraction of sp³-hybridized carbons (Fsp3) is 0.333. The third kappa shape index (κ3) is 0.973. The van der Waals surface area contributed by atoms with Crippen molar-refractivity contribution >= 4 is 0 Å². The van der Waals surface area contributed by atoms with Gasteiger partial charge in [-0.25, -0.2) is 11.7 Å². The summed E-state index contributed by atoms with van der Waals surface area (Å²) in [6.07, 6.45) is 3.63. The van der Waals surface area contributed by atoms with Crippen LogP contribution >= 0.6 is 0 Å². The Kier molecular flexibility index (Phi) is 1.39. The van der Waals surface area contributed by atoms with E-state index in [1.165, 1.54) is 0 Å². The lowest BCUT2D eigenvalue weighted by Gasteiger charge is -2.30. The molecule has 0 saturated heterocycles. The van der Waals surface area contributed by atoms with Gasteiger partial charge in [0.1, 0.15) is 12.5 Å². The fourth-order valence-electron chi connectivity index (χ4n) is 1.38. The zero-order valence-corrected chi connectivity index (χ0v) is 6.64. The molecule has 6 N–H and O–H groups in total. The number of hydrogen-bond acceptors (Lipinski definition) is 6. The number of nitrogens with zero attached hydrogens (tertiary/aromatic N) is 3. The maximum atomic E-state index is 5.69. The maximum Gasteiger partial charge on any atom is 0.142 e. The van der Waals surface area contributed by atoms with Crippen molar-refractivity contribution in [3.8, 4) is 0 Å². The average Bonchev–Trinajstić information content (AvgIpc) is 2.29. The molecule has 6 heteroatoms. The number of fused-ring (bicyclic) bond motifs is 1. The molecule has 0 aromatic rings. The molecule has 12 heavy (non-hydrogen) atoms. The zero-order valence-electron chi connectivity index (χ0n) is 6.64. The van der Waals surface area contributed by atoms with E-state index in [9.17, 15) is 0 Å². The number of nitrogens with two attached hydrogens (primary N) is 3. The highest BCUT2D eigenvalue weighted by Crippen LogP contribution is 2.20. The van der Waals surface area contributed by atoms with Crippen LogP contribution in [-0.4, -0.2) is 28.1 Å². The molecule has 0 aliphatic carbocycles. The summed E-state index contributed by atoms with van der Waals surface area (Å²) in [5.41, 5.74) is 6.38. The third-order valence-electron chi connectivity index (χ3n) is 1.86. The summed E-state index contributed by atoms with van der Waals surface area (Å²) in [6.45, 7) is 1.15. The minimum Gasteiger partial charge on any atom is -0.399 e. The van der Waals surface area contributed by atoms with Crippen LogP contribution in [-0.2, 0) is 0 Å². The lowest BCUT2D eigenvalue weighted by atomic mass is 10.4. The fourth-order valence-corrected chi connectivity index (χ4v) is 1.38. The van der Waals surface area contributed by atoms with E-state index in [1.807, 2.05) is 11.1 Å². The Morgan fingerprint density at radius 1 is 1.25 bits per heavy atom. The summed E-state index contributed by atoms with van der Waals surface area (Å²) >= 11 is 0. The Bertz CT molecular complexity index is 257. The van der Waals surface area contributed by atoms with Gasteiger partial charge in [0.05, 0.1) is 12.7 Å². The van der Waals surface area contributed by atoms with E-state index in [1.54, 1.807) is 16.2 Å². The van der Waals surface area contributed by atoms with Crippen LogP contribution in [0.3, 0.4) is 0 Å². The van der Waals surface area contributed by atoms with Crippen LogP contribution in [0, 0.1) is 0 Å². The van der Waals surface area contributed by atoms with E-state index in [4.69, 9.17) is 17.4 Å². The number of hydrogen-bond donors (Lipinski definition) is 3. The minimum absolute atomic E-state index is 0.552. The summed E-state index contributed by atoms with van der Waals surface area (Å²) < 4.78 is 0. The van der Waals surface area contributed by atoms with Gasteiger partial charge in [0.25, 0.3) is 0 Å². The predicted octanol–water partition coefficient (Wildman–Crippen LogP) is -1.78. The molecule has 0 radical (unpaired) electrons. The van der Waals surface area contributed by atoms with Crippen molar-refractivity contribution in [1.82, 2.24) is 14.9 Å². The van der Waals surface area contributed by atoms with E-state index in [0.717, 1.165) is 11.5 Å². The topological polar surface area (TPSA) is 87.8 Å². The second-order valence-electron chi connectivity index (χ2n) is 2.94. The van der Waals surface area contributed by atoms with Gasteiger partial charge in [0.15, 0.2) is 0 Å². The SMILES string of the molecule is NC1=CN2CN(N)C=C2N(N)C1. The quantitative estimate of drug-likeness (QED) is 0.371. The molecule has 2 aliphatic rings. The molecule has 0 spiro atoms. The van der Waals surface area contributed by atoms with Crippen molar-refractivity contribution in [2.24, 2.45) is 17.4 Å². The van der Waals surface area contributed by atoms with Crippen molar-refractivity contribution in [3.05, 3.63) is 23.9 Å². The van der Waals surface area contributed by atoms with E-state index in [2.05, 4.69) is 0 Å². The first-order valence-corrected chi connectivity index (χ1v) is 3.65. The highest BCUT2D eigenvalue weighted by molar-refractivity contribution is 5.17. The Morgan fingerprint density at radius 3 is 2.75 bits per heavy atom.